The molecular formula is C14H17N3O2. The van der Waals surface area contributed by atoms with Crippen molar-refractivity contribution in [3.63, 3.8) is 0 Å². The summed E-state index contributed by atoms with van der Waals surface area (Å²) >= 11 is 0. The van der Waals surface area contributed by atoms with Crippen LogP contribution in [-0.4, -0.2) is 17.3 Å². The Bertz CT molecular complexity index is 619. The predicted molar refractivity (Wildman–Crippen MR) is 71.8 cm³/mol. The molecule has 1 aromatic carbocycles. The molecule has 0 amide bonds. The Kier molecular flexibility index (Phi) is 2.52. The van der Waals surface area contributed by atoms with Gasteiger partial charge in [-0.2, -0.15) is 4.98 Å². The van der Waals surface area contributed by atoms with Gasteiger partial charge in [0.1, 0.15) is 5.75 Å². The van der Waals surface area contributed by atoms with Crippen LogP contribution < -0.4 is 10.5 Å². The van der Waals surface area contributed by atoms with E-state index in [4.69, 9.17) is 15.0 Å². The molecule has 1 aliphatic carbocycles. The van der Waals surface area contributed by atoms with Crippen molar-refractivity contribution in [1.29, 1.82) is 0 Å². The fraction of sp³-hybridized carbons (Fsp3) is 0.429. The summed E-state index contributed by atoms with van der Waals surface area (Å²) in [6, 6.07) is 5.38. The van der Waals surface area contributed by atoms with Crippen molar-refractivity contribution in [1.82, 2.24) is 10.1 Å². The minimum absolute atomic E-state index is 0.284. The lowest BCUT2D eigenvalue weighted by atomic mass is 10.1. The molecule has 1 unspecified atom stereocenters. The molecule has 2 N–H and O–H groups in total. The van der Waals surface area contributed by atoms with Crippen molar-refractivity contribution < 1.29 is 9.26 Å². The summed E-state index contributed by atoms with van der Waals surface area (Å²) in [5.74, 6) is 2.29. The third kappa shape index (κ3) is 2.05. The molecule has 5 heteroatoms. The number of ether oxygens (including phenoxy) is 1. The third-order valence-electron chi connectivity index (χ3n) is 3.72. The fourth-order valence-electron chi connectivity index (χ4n) is 2.28. The smallest absolute Gasteiger partial charge is 0.261 e. The van der Waals surface area contributed by atoms with Gasteiger partial charge in [0.2, 0.25) is 0 Å². The fourth-order valence-corrected chi connectivity index (χ4v) is 2.28. The molecule has 1 saturated carbocycles. The molecule has 1 atom stereocenters. The molecule has 19 heavy (non-hydrogen) atoms. The molecule has 1 aromatic heterocycles. The van der Waals surface area contributed by atoms with Crippen molar-refractivity contribution in [2.75, 3.05) is 12.8 Å². The van der Waals surface area contributed by atoms with E-state index in [1.165, 1.54) is 0 Å². The van der Waals surface area contributed by atoms with E-state index in [0.717, 1.165) is 17.8 Å². The molecule has 100 valence electrons. The Hall–Kier alpha value is -2.04. The molecule has 0 spiro atoms. The summed E-state index contributed by atoms with van der Waals surface area (Å²) in [5, 5.41) is 4.08. The molecule has 0 saturated heterocycles. The zero-order valence-electron chi connectivity index (χ0n) is 11.3. The molecule has 1 heterocycles. The number of benzene rings is 1. The summed E-state index contributed by atoms with van der Waals surface area (Å²) in [4.78, 5) is 4.48. The second-order valence-electron chi connectivity index (χ2n) is 5.66. The number of nitrogens with zero attached hydrogens (tertiary/aromatic N) is 2. The van der Waals surface area contributed by atoms with Crippen LogP contribution in [0, 0.1) is 5.41 Å². The third-order valence-corrected chi connectivity index (χ3v) is 3.72. The van der Waals surface area contributed by atoms with E-state index < -0.39 is 0 Å². The highest BCUT2D eigenvalue weighted by Crippen LogP contribution is 2.57. The van der Waals surface area contributed by atoms with E-state index >= 15 is 0 Å². The molecule has 0 aliphatic heterocycles. The maximum atomic E-state index is 5.73. The van der Waals surface area contributed by atoms with E-state index in [2.05, 4.69) is 24.0 Å². The van der Waals surface area contributed by atoms with Gasteiger partial charge < -0.3 is 15.0 Å². The topological polar surface area (TPSA) is 74.2 Å². The second kappa shape index (κ2) is 3.98. The van der Waals surface area contributed by atoms with Gasteiger partial charge in [-0.1, -0.05) is 19.0 Å². The lowest BCUT2D eigenvalue weighted by Gasteiger charge is -2.05. The number of anilines is 1. The molecule has 0 bridgehead atoms. The summed E-state index contributed by atoms with van der Waals surface area (Å²) in [5.41, 5.74) is 7.43. The van der Waals surface area contributed by atoms with Crippen LogP contribution in [0.5, 0.6) is 5.75 Å². The first kappa shape index (κ1) is 12.0. The van der Waals surface area contributed by atoms with Crippen molar-refractivity contribution in [2.24, 2.45) is 5.41 Å². The van der Waals surface area contributed by atoms with Crippen LogP contribution in [0.3, 0.4) is 0 Å². The summed E-state index contributed by atoms with van der Waals surface area (Å²) in [6.45, 7) is 4.41. The average Bonchev–Trinajstić information content (AvgIpc) is 2.81. The Morgan fingerprint density at radius 3 is 2.79 bits per heavy atom. The van der Waals surface area contributed by atoms with Gasteiger partial charge in [-0.15, -0.1) is 0 Å². The van der Waals surface area contributed by atoms with E-state index in [1.54, 1.807) is 19.2 Å². The zero-order chi connectivity index (χ0) is 13.6. The van der Waals surface area contributed by atoms with Crippen LogP contribution in [0.25, 0.3) is 11.5 Å². The normalized spacial score (nSPS) is 20.3. The first-order chi connectivity index (χ1) is 9.01. The summed E-state index contributed by atoms with van der Waals surface area (Å²) < 4.78 is 10.6. The van der Waals surface area contributed by atoms with Crippen LogP contribution in [0.4, 0.5) is 5.69 Å². The van der Waals surface area contributed by atoms with Crippen molar-refractivity contribution >= 4 is 5.69 Å². The summed E-state index contributed by atoms with van der Waals surface area (Å²) in [6.07, 6.45) is 1.10. The largest absolute Gasteiger partial charge is 0.496 e. The molecule has 0 radical (unpaired) electrons. The quantitative estimate of drug-likeness (QED) is 0.858. The maximum absolute atomic E-state index is 5.73. The van der Waals surface area contributed by atoms with E-state index in [0.29, 0.717) is 23.2 Å². The molecule has 5 nitrogen and oxygen atoms in total. The monoisotopic (exact) mass is 259 g/mol. The van der Waals surface area contributed by atoms with Gasteiger partial charge in [-0.3, -0.25) is 0 Å². The van der Waals surface area contributed by atoms with E-state index in [9.17, 15) is 0 Å². The van der Waals surface area contributed by atoms with Crippen LogP contribution in [-0.2, 0) is 0 Å². The number of aromatic nitrogens is 2. The number of rotatable bonds is 3. The Labute approximate surface area is 111 Å². The Morgan fingerprint density at radius 1 is 1.42 bits per heavy atom. The van der Waals surface area contributed by atoms with Gasteiger partial charge in [-0.25, -0.2) is 0 Å². The summed E-state index contributed by atoms with van der Waals surface area (Å²) in [7, 11) is 1.60. The Balaban J connectivity index is 1.95. The highest BCUT2D eigenvalue weighted by Gasteiger charge is 2.49. The van der Waals surface area contributed by atoms with Crippen LogP contribution in [0.1, 0.15) is 32.0 Å². The van der Waals surface area contributed by atoms with Crippen LogP contribution in [0.15, 0.2) is 22.7 Å². The van der Waals surface area contributed by atoms with Crippen LogP contribution in [0.2, 0.25) is 0 Å². The highest BCUT2D eigenvalue weighted by molar-refractivity contribution is 5.66. The van der Waals surface area contributed by atoms with Crippen molar-refractivity contribution in [3.8, 4) is 17.2 Å². The molecular weight excluding hydrogens is 242 g/mol. The number of nitrogen functional groups attached to an aromatic ring is 1. The molecule has 1 fully saturated rings. The maximum Gasteiger partial charge on any atom is 0.261 e. The van der Waals surface area contributed by atoms with Crippen molar-refractivity contribution in [2.45, 2.75) is 26.2 Å². The second-order valence-corrected chi connectivity index (χ2v) is 5.66. The van der Waals surface area contributed by atoms with Gasteiger partial charge in [0.05, 0.1) is 12.7 Å². The van der Waals surface area contributed by atoms with Crippen molar-refractivity contribution in [3.05, 3.63) is 24.0 Å². The minimum Gasteiger partial charge on any atom is -0.496 e. The van der Waals surface area contributed by atoms with Gasteiger partial charge in [0, 0.05) is 17.7 Å². The average molecular weight is 259 g/mol. The Morgan fingerprint density at radius 2 is 2.16 bits per heavy atom. The first-order valence-electron chi connectivity index (χ1n) is 6.29. The zero-order valence-corrected chi connectivity index (χ0v) is 11.3. The lowest BCUT2D eigenvalue weighted by Crippen LogP contribution is -1.93. The molecule has 3 rings (SSSR count). The predicted octanol–water partition coefficient (Wildman–Crippen LogP) is 2.84. The van der Waals surface area contributed by atoms with E-state index in [-0.39, 0.29) is 5.41 Å². The van der Waals surface area contributed by atoms with Gasteiger partial charge in [0.15, 0.2) is 5.82 Å². The molecule has 2 aromatic rings. The van der Waals surface area contributed by atoms with Gasteiger partial charge in [-0.05, 0) is 24.0 Å². The van der Waals surface area contributed by atoms with Crippen LogP contribution >= 0.6 is 0 Å². The highest BCUT2D eigenvalue weighted by atomic mass is 16.5. The number of nitrogens with two attached hydrogens (primary N) is 1. The first-order valence-corrected chi connectivity index (χ1v) is 6.29. The number of methoxy groups -OCH3 is 1. The number of hydrogen-bond acceptors (Lipinski definition) is 5. The lowest BCUT2D eigenvalue weighted by molar-refractivity contribution is 0.402. The SMILES string of the molecule is COc1cc(N)ccc1-c1nc(C2CC2(C)C)no1. The number of hydrogen-bond donors (Lipinski definition) is 1. The van der Waals surface area contributed by atoms with E-state index in [1.807, 2.05) is 6.07 Å². The minimum atomic E-state index is 0.284. The molecule has 1 aliphatic rings. The standard InChI is InChI=1S/C14H17N3O2/c1-14(2)7-10(14)12-16-13(19-17-12)9-5-4-8(15)6-11(9)18-3/h4-6,10H,7,15H2,1-3H3. The van der Waals surface area contributed by atoms with Gasteiger partial charge in [0.25, 0.3) is 5.89 Å². The van der Waals surface area contributed by atoms with Gasteiger partial charge >= 0.3 is 0 Å².